The summed E-state index contributed by atoms with van der Waals surface area (Å²) in [5.74, 6) is -1.87. The van der Waals surface area contributed by atoms with E-state index in [-0.39, 0.29) is 31.2 Å². The normalized spacial score (nSPS) is 14.9. The zero-order valence-electron chi connectivity index (χ0n) is 29.0. The first-order chi connectivity index (χ1) is 22.0. The lowest BCUT2D eigenvalue weighted by molar-refractivity contribution is -0.132. The Bertz CT molecular complexity index is 1230. The summed E-state index contributed by atoms with van der Waals surface area (Å²) >= 11 is 5.10. The van der Waals surface area contributed by atoms with Gasteiger partial charge in [-0.1, -0.05) is 64.4 Å². The zero-order chi connectivity index (χ0) is 35.7. The van der Waals surface area contributed by atoms with Gasteiger partial charge in [-0.15, -0.1) is 0 Å². The van der Waals surface area contributed by atoms with Crippen molar-refractivity contribution in [3.8, 4) is 0 Å². The average Bonchev–Trinajstić information content (AvgIpc) is 3.01. The quantitative estimate of drug-likeness (QED) is 0.0807. The molecule has 15 heteroatoms. The van der Waals surface area contributed by atoms with Gasteiger partial charge in [-0.2, -0.15) is 12.7 Å². The summed E-state index contributed by atoms with van der Waals surface area (Å²) in [6.07, 6.45) is 0.868. The summed E-state index contributed by atoms with van der Waals surface area (Å²) in [6.45, 7) is 8.09. The molecule has 0 saturated carbocycles. The third-order valence-electron chi connectivity index (χ3n) is 7.79. The minimum absolute atomic E-state index is 0.0150. The van der Waals surface area contributed by atoms with Gasteiger partial charge >= 0.3 is 10.2 Å². The molecule has 0 radical (unpaired) electrons. The van der Waals surface area contributed by atoms with Crippen molar-refractivity contribution in [3.05, 3.63) is 35.9 Å². The topological polar surface area (TPSA) is 186 Å². The molecule has 0 heterocycles. The van der Waals surface area contributed by atoms with Crippen LogP contribution in [0.3, 0.4) is 0 Å². The second-order valence-corrected chi connectivity index (χ2v) is 15.1. The number of nitrogens with zero attached hydrogens (tertiary/aromatic N) is 2. The number of nitrogens with two attached hydrogens (primary N) is 1. The van der Waals surface area contributed by atoms with Crippen LogP contribution < -0.4 is 27.0 Å². The highest BCUT2D eigenvalue weighted by molar-refractivity contribution is 7.87. The number of carbonyl (C=O) groups excluding carboxylic acids is 3. The van der Waals surface area contributed by atoms with Gasteiger partial charge in [-0.25, -0.2) is 4.31 Å². The van der Waals surface area contributed by atoms with Crippen molar-refractivity contribution in [1.29, 1.82) is 0 Å². The number of unbranched alkanes of at least 4 members (excludes halogenated alkanes) is 1. The van der Waals surface area contributed by atoms with Gasteiger partial charge in [0.2, 0.25) is 17.7 Å². The molecule has 1 aromatic rings. The van der Waals surface area contributed by atoms with Crippen molar-refractivity contribution in [2.24, 2.45) is 17.6 Å². The highest BCUT2D eigenvalue weighted by atomic mass is 32.2. The second kappa shape index (κ2) is 21.2. The molecule has 0 aliphatic rings. The van der Waals surface area contributed by atoms with E-state index in [1.165, 1.54) is 14.1 Å². The predicted octanol–water partition coefficient (Wildman–Crippen LogP) is 1.27. The fourth-order valence-corrected chi connectivity index (χ4v) is 6.00. The number of hydrogen-bond acceptors (Lipinski definition) is 8. The maximum atomic E-state index is 13.7. The van der Waals surface area contributed by atoms with E-state index in [2.05, 4.69) is 21.3 Å². The van der Waals surface area contributed by atoms with Crippen LogP contribution in [0.25, 0.3) is 0 Å². The fourth-order valence-electron chi connectivity index (χ4n) is 4.73. The van der Waals surface area contributed by atoms with E-state index in [0.29, 0.717) is 37.3 Å². The maximum Gasteiger partial charge on any atom is 0.305 e. The van der Waals surface area contributed by atoms with Crippen molar-refractivity contribution >= 4 is 45.3 Å². The van der Waals surface area contributed by atoms with E-state index >= 15 is 0 Å². The van der Waals surface area contributed by atoms with Gasteiger partial charge < -0.3 is 32.1 Å². The second-order valence-electron chi connectivity index (χ2n) is 12.6. The van der Waals surface area contributed by atoms with Crippen LogP contribution in [0.2, 0.25) is 0 Å². The molecular weight excluding hydrogens is 643 g/mol. The SMILES string of the molecule is CCC(C)CN(C(=O)CC(O)C(CC(C)C)NC(=O)[C@H](CCCCNC(=S)NC)NC(=O)[C@@H](N)Cc1ccccc1)S(=O)(=O)N(C)C. The van der Waals surface area contributed by atoms with Gasteiger partial charge in [0, 0.05) is 34.2 Å². The minimum Gasteiger partial charge on any atom is -0.390 e. The van der Waals surface area contributed by atoms with Crippen molar-refractivity contribution in [3.63, 3.8) is 0 Å². The van der Waals surface area contributed by atoms with Crippen molar-refractivity contribution < 1.29 is 27.9 Å². The van der Waals surface area contributed by atoms with Crippen LogP contribution in [-0.2, 0) is 31.0 Å². The summed E-state index contributed by atoms with van der Waals surface area (Å²) in [5, 5.41) is 23.3. The van der Waals surface area contributed by atoms with Crippen molar-refractivity contribution in [1.82, 2.24) is 29.9 Å². The first kappa shape index (κ1) is 42.2. The van der Waals surface area contributed by atoms with Crippen LogP contribution >= 0.6 is 12.2 Å². The molecule has 0 spiro atoms. The standard InChI is InChI=1S/C32H57N7O6S2/c1-8-23(4)21-39(47(44,45)38(6)7)29(41)20-28(40)27(18-22(2)3)37-31(43)26(16-12-13-17-35-32(46)34-5)36-30(42)25(33)19-24-14-10-9-11-15-24/h9-11,14-15,22-23,25-28,40H,8,12-13,16-21,33H2,1-7H3,(H,36,42)(H,37,43)(H2,34,35,46)/t23?,25-,26-,27?,28?/m0/s1. The summed E-state index contributed by atoms with van der Waals surface area (Å²) in [6, 6.07) is 6.57. The minimum atomic E-state index is -4.10. The van der Waals surface area contributed by atoms with E-state index in [1.54, 1.807) is 7.05 Å². The molecule has 1 aromatic carbocycles. The number of aliphatic hydroxyl groups is 1. The van der Waals surface area contributed by atoms with Gasteiger partial charge in [0.25, 0.3) is 0 Å². The Morgan fingerprint density at radius 3 is 2.21 bits per heavy atom. The molecule has 0 bridgehead atoms. The Labute approximate surface area is 287 Å². The Balaban J connectivity index is 3.15. The van der Waals surface area contributed by atoms with Crippen LogP contribution in [0.15, 0.2) is 30.3 Å². The molecule has 1 rings (SSSR count). The number of rotatable bonds is 21. The molecule has 7 N–H and O–H groups in total. The summed E-state index contributed by atoms with van der Waals surface area (Å²) in [7, 11) is 0.299. The molecule has 47 heavy (non-hydrogen) atoms. The van der Waals surface area contributed by atoms with Crippen molar-refractivity contribution in [2.75, 3.05) is 34.2 Å². The maximum absolute atomic E-state index is 13.7. The van der Waals surface area contributed by atoms with Crippen LogP contribution in [0.1, 0.15) is 71.8 Å². The summed E-state index contributed by atoms with van der Waals surface area (Å²) in [4.78, 5) is 40.2. The van der Waals surface area contributed by atoms with Gasteiger partial charge in [0.05, 0.1) is 24.6 Å². The number of benzene rings is 1. The molecule has 5 atom stereocenters. The fraction of sp³-hybridized carbons (Fsp3) is 0.688. The molecule has 0 aliphatic heterocycles. The molecule has 0 aromatic heterocycles. The molecule has 3 amide bonds. The van der Waals surface area contributed by atoms with E-state index in [1.807, 2.05) is 58.0 Å². The molecule has 0 aliphatic carbocycles. The van der Waals surface area contributed by atoms with Gasteiger partial charge in [0.15, 0.2) is 5.11 Å². The number of hydrogen-bond donors (Lipinski definition) is 6. The van der Waals surface area contributed by atoms with E-state index in [4.69, 9.17) is 18.0 Å². The number of aliphatic hydroxyl groups excluding tert-OH is 1. The molecule has 268 valence electrons. The summed E-state index contributed by atoms with van der Waals surface area (Å²) in [5.41, 5.74) is 7.09. The van der Waals surface area contributed by atoms with Crippen LogP contribution in [-0.4, -0.2) is 103 Å². The average molecular weight is 700 g/mol. The third-order valence-corrected chi connectivity index (χ3v) is 9.98. The molecule has 0 fully saturated rings. The number of amides is 3. The largest absolute Gasteiger partial charge is 0.390 e. The number of thiocarbonyl (C=S) groups is 1. The van der Waals surface area contributed by atoms with Crippen LogP contribution in [0, 0.1) is 11.8 Å². The van der Waals surface area contributed by atoms with Crippen LogP contribution in [0.4, 0.5) is 0 Å². The van der Waals surface area contributed by atoms with Gasteiger partial charge in [-0.3, -0.25) is 14.4 Å². The van der Waals surface area contributed by atoms with Crippen LogP contribution in [0.5, 0.6) is 0 Å². The van der Waals surface area contributed by atoms with E-state index in [9.17, 15) is 27.9 Å². The van der Waals surface area contributed by atoms with E-state index in [0.717, 1.165) is 14.2 Å². The van der Waals surface area contributed by atoms with E-state index < -0.39 is 58.6 Å². The molecule has 3 unspecified atom stereocenters. The zero-order valence-corrected chi connectivity index (χ0v) is 30.6. The Hall–Kier alpha value is -2.85. The Kier molecular flexibility index (Phi) is 19.0. The first-order valence-corrected chi connectivity index (χ1v) is 18.1. The summed E-state index contributed by atoms with van der Waals surface area (Å²) < 4.78 is 27.8. The molecular formula is C32H57N7O6S2. The predicted molar refractivity (Wildman–Crippen MR) is 189 cm³/mol. The lowest BCUT2D eigenvalue weighted by Crippen LogP contribution is -2.56. The smallest absolute Gasteiger partial charge is 0.305 e. The molecule has 0 saturated heterocycles. The third kappa shape index (κ3) is 15.3. The highest BCUT2D eigenvalue weighted by Crippen LogP contribution is 2.18. The lowest BCUT2D eigenvalue weighted by atomic mass is 9.96. The Morgan fingerprint density at radius 1 is 1.02 bits per heavy atom. The molecule has 13 nitrogen and oxygen atoms in total. The number of nitrogens with one attached hydrogen (secondary N) is 4. The van der Waals surface area contributed by atoms with Gasteiger partial charge in [-0.05, 0) is 61.7 Å². The Morgan fingerprint density at radius 2 is 1.66 bits per heavy atom. The number of carbonyl (C=O) groups is 3. The lowest BCUT2D eigenvalue weighted by Gasteiger charge is -2.31. The van der Waals surface area contributed by atoms with Gasteiger partial charge in [0.1, 0.15) is 6.04 Å². The first-order valence-electron chi connectivity index (χ1n) is 16.3. The van der Waals surface area contributed by atoms with Crippen molar-refractivity contribution in [2.45, 2.75) is 96.9 Å². The highest BCUT2D eigenvalue weighted by Gasteiger charge is 2.35. The monoisotopic (exact) mass is 699 g/mol.